The number of hydrogen-bond acceptors (Lipinski definition) is 6. The van der Waals surface area contributed by atoms with Crippen LogP contribution in [0.1, 0.15) is 5.56 Å². The molecule has 0 radical (unpaired) electrons. The van der Waals surface area contributed by atoms with Gasteiger partial charge in [-0.3, -0.25) is 24.6 Å². The Morgan fingerprint density at radius 2 is 2.10 bits per heavy atom. The number of imide groups is 1. The van der Waals surface area contributed by atoms with Gasteiger partial charge in [0.15, 0.2) is 0 Å². The van der Waals surface area contributed by atoms with Crippen LogP contribution in [0.4, 0.5) is 10.5 Å². The summed E-state index contributed by atoms with van der Waals surface area (Å²) in [6, 6.07) is 4.05. The van der Waals surface area contributed by atoms with Crippen LogP contribution in [0.2, 0.25) is 0 Å². The van der Waals surface area contributed by atoms with Crippen LogP contribution in [0.25, 0.3) is 6.08 Å². The Bertz CT molecular complexity index is 641. The van der Waals surface area contributed by atoms with Crippen molar-refractivity contribution >= 4 is 34.7 Å². The summed E-state index contributed by atoms with van der Waals surface area (Å²) >= 11 is 0.783. The summed E-state index contributed by atoms with van der Waals surface area (Å²) in [5.74, 6) is -0.0490. The van der Waals surface area contributed by atoms with Crippen LogP contribution >= 0.6 is 11.8 Å². The van der Waals surface area contributed by atoms with Crippen molar-refractivity contribution in [2.24, 2.45) is 0 Å². The molecule has 0 N–H and O–H groups in total. The van der Waals surface area contributed by atoms with E-state index in [4.69, 9.17) is 4.74 Å². The fourth-order valence-corrected chi connectivity index (χ4v) is 2.45. The minimum atomic E-state index is -0.539. The molecule has 1 aromatic rings. The molecule has 1 saturated heterocycles. The number of hydrogen-bond donors (Lipinski definition) is 0. The number of nitrogens with zero attached hydrogens (tertiary/aromatic N) is 2. The van der Waals surface area contributed by atoms with Crippen LogP contribution in [0.3, 0.4) is 0 Å². The molecule has 1 heterocycles. The second-order valence-electron chi connectivity index (χ2n) is 3.92. The first-order valence-electron chi connectivity index (χ1n) is 5.48. The van der Waals surface area contributed by atoms with E-state index >= 15 is 0 Å². The summed E-state index contributed by atoms with van der Waals surface area (Å²) in [7, 11) is 2.80. The lowest BCUT2D eigenvalue weighted by molar-refractivity contribution is -0.384. The first-order valence-corrected chi connectivity index (χ1v) is 6.29. The van der Waals surface area contributed by atoms with Crippen LogP contribution in [-0.2, 0) is 4.79 Å². The van der Waals surface area contributed by atoms with Crippen molar-refractivity contribution in [1.29, 1.82) is 0 Å². The lowest BCUT2D eigenvalue weighted by Crippen LogP contribution is -2.22. The van der Waals surface area contributed by atoms with Crippen molar-refractivity contribution in [3.63, 3.8) is 0 Å². The van der Waals surface area contributed by atoms with Crippen molar-refractivity contribution in [1.82, 2.24) is 4.90 Å². The molecular formula is C12H10N2O5S. The Balaban J connectivity index is 2.47. The van der Waals surface area contributed by atoms with Gasteiger partial charge in [0.05, 0.1) is 16.9 Å². The Morgan fingerprint density at radius 1 is 1.40 bits per heavy atom. The molecule has 1 aromatic carbocycles. The lowest BCUT2D eigenvalue weighted by Gasteiger charge is -2.05. The highest BCUT2D eigenvalue weighted by molar-refractivity contribution is 8.18. The number of methoxy groups -OCH3 is 1. The zero-order valence-corrected chi connectivity index (χ0v) is 11.5. The number of ether oxygens (including phenoxy) is 1. The van der Waals surface area contributed by atoms with E-state index in [0.29, 0.717) is 11.3 Å². The van der Waals surface area contributed by atoms with Gasteiger partial charge in [0.1, 0.15) is 5.75 Å². The first kappa shape index (κ1) is 14.1. The maximum Gasteiger partial charge on any atom is 0.293 e. The Labute approximate surface area is 118 Å². The number of amides is 2. The van der Waals surface area contributed by atoms with E-state index in [1.807, 2.05) is 0 Å². The van der Waals surface area contributed by atoms with E-state index < -0.39 is 10.8 Å². The average Bonchev–Trinajstić information content (AvgIpc) is 2.66. The molecule has 7 nitrogen and oxygen atoms in total. The number of likely N-dealkylation sites (N-methyl/N-ethyl adjacent to an activating group) is 1. The SMILES string of the molecule is COc1ccc([N+](=O)[O-])cc1/C=C1/SC(=O)N(C)C1=O. The van der Waals surface area contributed by atoms with E-state index in [0.717, 1.165) is 16.7 Å². The van der Waals surface area contributed by atoms with Gasteiger partial charge in [-0.05, 0) is 23.9 Å². The lowest BCUT2D eigenvalue weighted by atomic mass is 10.1. The molecule has 1 fully saturated rings. The van der Waals surface area contributed by atoms with Crippen LogP contribution in [0, 0.1) is 10.1 Å². The topological polar surface area (TPSA) is 89.8 Å². The van der Waals surface area contributed by atoms with Crippen molar-refractivity contribution in [3.05, 3.63) is 38.8 Å². The molecule has 2 rings (SSSR count). The van der Waals surface area contributed by atoms with Gasteiger partial charge in [0.2, 0.25) is 0 Å². The second kappa shape index (κ2) is 5.33. The third-order valence-corrected chi connectivity index (χ3v) is 3.66. The van der Waals surface area contributed by atoms with Crippen molar-refractivity contribution in [3.8, 4) is 5.75 Å². The number of rotatable bonds is 3. The Morgan fingerprint density at radius 3 is 2.60 bits per heavy atom. The normalized spacial score (nSPS) is 16.9. The quantitative estimate of drug-likeness (QED) is 0.482. The third-order valence-electron chi connectivity index (χ3n) is 2.70. The first-order chi connectivity index (χ1) is 9.43. The summed E-state index contributed by atoms with van der Waals surface area (Å²) in [5, 5.41) is 10.4. The zero-order valence-electron chi connectivity index (χ0n) is 10.7. The Kier molecular flexibility index (Phi) is 3.75. The number of benzene rings is 1. The molecule has 0 aliphatic carbocycles. The largest absolute Gasteiger partial charge is 0.496 e. The predicted molar refractivity (Wildman–Crippen MR) is 73.4 cm³/mol. The maximum atomic E-state index is 11.8. The van der Waals surface area contributed by atoms with Gasteiger partial charge in [0, 0.05) is 24.7 Å². The van der Waals surface area contributed by atoms with Crippen LogP contribution in [0.15, 0.2) is 23.1 Å². The molecule has 0 atom stereocenters. The molecule has 0 unspecified atom stereocenters. The van der Waals surface area contributed by atoms with Crippen molar-refractivity contribution < 1.29 is 19.2 Å². The smallest absolute Gasteiger partial charge is 0.293 e. The van der Waals surface area contributed by atoms with Gasteiger partial charge in [-0.2, -0.15) is 0 Å². The van der Waals surface area contributed by atoms with E-state index in [1.54, 1.807) is 0 Å². The molecule has 0 saturated carbocycles. The fraction of sp³-hybridized carbons (Fsp3) is 0.167. The number of nitro groups is 1. The minimum Gasteiger partial charge on any atom is -0.496 e. The van der Waals surface area contributed by atoms with E-state index in [2.05, 4.69) is 0 Å². The molecule has 0 bridgehead atoms. The van der Waals surface area contributed by atoms with E-state index in [-0.39, 0.29) is 15.8 Å². The van der Waals surface area contributed by atoms with E-state index in [9.17, 15) is 19.7 Å². The maximum absolute atomic E-state index is 11.8. The van der Waals surface area contributed by atoms with Crippen LogP contribution < -0.4 is 4.74 Å². The minimum absolute atomic E-state index is 0.118. The highest BCUT2D eigenvalue weighted by Crippen LogP contribution is 2.34. The molecule has 8 heteroatoms. The summed E-state index contributed by atoms with van der Waals surface area (Å²) in [5.41, 5.74) is 0.258. The highest BCUT2D eigenvalue weighted by atomic mass is 32.2. The van der Waals surface area contributed by atoms with Gasteiger partial charge < -0.3 is 4.74 Å². The van der Waals surface area contributed by atoms with Crippen LogP contribution in [-0.4, -0.2) is 35.1 Å². The standard InChI is InChI=1S/C12H10N2O5S/c1-13-11(15)10(20-12(13)16)6-7-5-8(14(17)18)3-4-9(7)19-2/h3-6H,1-2H3/b10-6+. The molecular weight excluding hydrogens is 284 g/mol. The summed E-state index contributed by atoms with van der Waals surface area (Å²) in [6.45, 7) is 0. The molecule has 2 amide bonds. The highest BCUT2D eigenvalue weighted by Gasteiger charge is 2.32. The average molecular weight is 294 g/mol. The monoisotopic (exact) mass is 294 g/mol. The number of carbonyl (C=O) groups excluding carboxylic acids is 2. The Hall–Kier alpha value is -2.35. The summed E-state index contributed by atoms with van der Waals surface area (Å²) in [6.07, 6.45) is 1.42. The van der Waals surface area contributed by atoms with Crippen molar-refractivity contribution in [2.75, 3.05) is 14.2 Å². The molecule has 20 heavy (non-hydrogen) atoms. The van der Waals surface area contributed by atoms with Crippen molar-refractivity contribution in [2.45, 2.75) is 0 Å². The second-order valence-corrected chi connectivity index (χ2v) is 4.92. The fourth-order valence-electron chi connectivity index (χ4n) is 1.63. The van der Waals surface area contributed by atoms with Gasteiger partial charge >= 0.3 is 0 Å². The van der Waals surface area contributed by atoms with E-state index in [1.165, 1.54) is 38.4 Å². The number of nitro benzene ring substituents is 1. The predicted octanol–water partition coefficient (Wildman–Crippen LogP) is 2.27. The number of carbonyl (C=O) groups is 2. The molecule has 1 aliphatic heterocycles. The summed E-state index contributed by atoms with van der Waals surface area (Å²) < 4.78 is 5.09. The molecule has 0 aromatic heterocycles. The van der Waals surface area contributed by atoms with Gasteiger partial charge in [-0.25, -0.2) is 0 Å². The van der Waals surface area contributed by atoms with Crippen LogP contribution in [0.5, 0.6) is 5.75 Å². The van der Waals surface area contributed by atoms with Gasteiger partial charge in [-0.15, -0.1) is 0 Å². The van der Waals surface area contributed by atoms with Gasteiger partial charge in [-0.1, -0.05) is 0 Å². The molecule has 104 valence electrons. The number of non-ortho nitro benzene ring substituents is 1. The molecule has 0 spiro atoms. The summed E-state index contributed by atoms with van der Waals surface area (Å²) in [4.78, 5) is 34.6. The zero-order chi connectivity index (χ0) is 14.9. The third kappa shape index (κ3) is 2.50. The molecule has 1 aliphatic rings. The number of thioether (sulfide) groups is 1. The van der Waals surface area contributed by atoms with Gasteiger partial charge in [0.25, 0.3) is 16.8 Å².